The molecule has 0 atom stereocenters. The van der Waals surface area contributed by atoms with Crippen molar-refractivity contribution < 1.29 is 4.42 Å². The zero-order valence-electron chi connectivity index (χ0n) is 12.7. The summed E-state index contributed by atoms with van der Waals surface area (Å²) >= 11 is 0. The van der Waals surface area contributed by atoms with Crippen molar-refractivity contribution in [2.45, 2.75) is 39.2 Å². The Balaban J connectivity index is 1.74. The van der Waals surface area contributed by atoms with E-state index in [0.717, 1.165) is 25.2 Å². The first-order chi connectivity index (χ1) is 9.56. The zero-order valence-corrected chi connectivity index (χ0v) is 12.7. The smallest absolute Gasteiger partial charge is 0.230 e. The molecule has 0 aromatic carbocycles. The molecule has 0 bridgehead atoms. The van der Waals surface area contributed by atoms with Gasteiger partial charge in [-0.05, 0) is 20.0 Å². The summed E-state index contributed by atoms with van der Waals surface area (Å²) in [5, 5.41) is 8.12. The van der Waals surface area contributed by atoms with E-state index in [1.165, 1.54) is 0 Å². The minimum absolute atomic E-state index is 0.282. The van der Waals surface area contributed by atoms with Gasteiger partial charge in [-0.25, -0.2) is 4.98 Å². The van der Waals surface area contributed by atoms with Crippen LogP contribution in [0, 0.1) is 0 Å². The topological polar surface area (TPSA) is 60.0 Å². The van der Waals surface area contributed by atoms with Crippen LogP contribution >= 0.6 is 0 Å². The molecule has 0 aliphatic heterocycles. The highest BCUT2D eigenvalue weighted by Gasteiger charge is 2.11. The zero-order chi connectivity index (χ0) is 14.5. The van der Waals surface area contributed by atoms with Gasteiger partial charge in [-0.3, -0.25) is 4.90 Å². The predicted molar refractivity (Wildman–Crippen MR) is 76.3 cm³/mol. The van der Waals surface area contributed by atoms with E-state index >= 15 is 0 Å². The van der Waals surface area contributed by atoms with Gasteiger partial charge in [-0.1, -0.05) is 13.8 Å². The first-order valence-corrected chi connectivity index (χ1v) is 7.03. The van der Waals surface area contributed by atoms with Crippen LogP contribution in [0.25, 0.3) is 0 Å². The fraction of sp³-hybridized carbons (Fsp3) is 0.643. The maximum absolute atomic E-state index is 5.61. The fourth-order valence-electron chi connectivity index (χ4n) is 2.02. The van der Waals surface area contributed by atoms with Gasteiger partial charge in [0.1, 0.15) is 5.82 Å². The van der Waals surface area contributed by atoms with E-state index in [2.05, 4.69) is 31.7 Å². The number of rotatable bonds is 7. The SMILES string of the molecule is CC(C)c1nnc(CN(C)CCCc2nccn2C)o1. The number of aromatic nitrogens is 4. The van der Waals surface area contributed by atoms with Gasteiger partial charge in [-0.2, -0.15) is 0 Å². The Kier molecular flexibility index (Phi) is 4.89. The van der Waals surface area contributed by atoms with Crippen molar-refractivity contribution >= 4 is 0 Å². The average Bonchev–Trinajstić information content (AvgIpc) is 2.99. The molecule has 0 aliphatic carbocycles. The molecule has 0 radical (unpaired) electrons. The number of hydrogen-bond acceptors (Lipinski definition) is 5. The molecule has 0 amide bonds. The lowest BCUT2D eigenvalue weighted by molar-refractivity contribution is 0.279. The van der Waals surface area contributed by atoms with E-state index in [1.807, 2.05) is 33.3 Å². The molecule has 0 aliphatic rings. The van der Waals surface area contributed by atoms with Crippen molar-refractivity contribution in [1.29, 1.82) is 0 Å². The molecule has 0 N–H and O–H groups in total. The van der Waals surface area contributed by atoms with Crippen LogP contribution in [0.4, 0.5) is 0 Å². The summed E-state index contributed by atoms with van der Waals surface area (Å²) in [7, 11) is 4.09. The minimum Gasteiger partial charge on any atom is -0.424 e. The molecule has 6 heteroatoms. The second kappa shape index (κ2) is 6.65. The lowest BCUT2D eigenvalue weighted by atomic mass is 10.2. The van der Waals surface area contributed by atoms with Crippen molar-refractivity contribution in [3.63, 3.8) is 0 Å². The Labute approximate surface area is 119 Å². The molecule has 6 nitrogen and oxygen atoms in total. The van der Waals surface area contributed by atoms with Crippen LogP contribution < -0.4 is 0 Å². The second-order valence-electron chi connectivity index (χ2n) is 5.48. The third kappa shape index (κ3) is 3.90. The lowest BCUT2D eigenvalue weighted by Gasteiger charge is -2.13. The van der Waals surface area contributed by atoms with E-state index in [1.54, 1.807) is 0 Å². The number of imidazole rings is 1. The van der Waals surface area contributed by atoms with E-state index < -0.39 is 0 Å². The fourth-order valence-corrected chi connectivity index (χ4v) is 2.02. The van der Waals surface area contributed by atoms with Gasteiger partial charge >= 0.3 is 0 Å². The summed E-state index contributed by atoms with van der Waals surface area (Å²) < 4.78 is 7.67. The van der Waals surface area contributed by atoms with Crippen LogP contribution in [0.2, 0.25) is 0 Å². The monoisotopic (exact) mass is 277 g/mol. The number of aryl methyl sites for hydroxylation is 2. The Morgan fingerprint density at radius 3 is 2.75 bits per heavy atom. The first kappa shape index (κ1) is 14.7. The van der Waals surface area contributed by atoms with Crippen LogP contribution in [0.15, 0.2) is 16.8 Å². The second-order valence-corrected chi connectivity index (χ2v) is 5.48. The van der Waals surface area contributed by atoms with Gasteiger partial charge in [0, 0.05) is 31.8 Å². The highest BCUT2D eigenvalue weighted by Crippen LogP contribution is 2.13. The molecule has 0 spiro atoms. The molecular formula is C14H23N5O. The third-order valence-corrected chi connectivity index (χ3v) is 3.24. The predicted octanol–water partition coefficient (Wildman–Crippen LogP) is 1.99. The molecule has 0 fully saturated rings. The van der Waals surface area contributed by atoms with Crippen molar-refractivity contribution in [3.8, 4) is 0 Å². The quantitative estimate of drug-likeness (QED) is 0.774. The van der Waals surface area contributed by atoms with Crippen molar-refractivity contribution in [1.82, 2.24) is 24.6 Å². The summed E-state index contributed by atoms with van der Waals surface area (Å²) in [5.41, 5.74) is 0. The van der Waals surface area contributed by atoms with E-state index in [0.29, 0.717) is 18.3 Å². The number of nitrogens with zero attached hydrogens (tertiary/aromatic N) is 5. The molecule has 20 heavy (non-hydrogen) atoms. The molecule has 2 heterocycles. The van der Waals surface area contributed by atoms with Crippen molar-refractivity contribution in [3.05, 3.63) is 30.0 Å². The first-order valence-electron chi connectivity index (χ1n) is 7.03. The van der Waals surface area contributed by atoms with Gasteiger partial charge in [0.2, 0.25) is 11.8 Å². The normalized spacial score (nSPS) is 11.7. The van der Waals surface area contributed by atoms with Gasteiger partial charge in [0.25, 0.3) is 0 Å². The van der Waals surface area contributed by atoms with Crippen LogP contribution in [0.1, 0.15) is 43.8 Å². The van der Waals surface area contributed by atoms with Gasteiger partial charge < -0.3 is 8.98 Å². The van der Waals surface area contributed by atoms with Gasteiger partial charge in [0.05, 0.1) is 6.54 Å². The van der Waals surface area contributed by atoms with E-state index in [9.17, 15) is 0 Å². The molecule has 0 saturated heterocycles. The van der Waals surface area contributed by atoms with Crippen LogP contribution in [0.5, 0.6) is 0 Å². The molecule has 2 aromatic heterocycles. The highest BCUT2D eigenvalue weighted by atomic mass is 16.4. The summed E-state index contributed by atoms with van der Waals surface area (Å²) in [6, 6.07) is 0. The number of hydrogen-bond donors (Lipinski definition) is 0. The molecule has 110 valence electrons. The lowest BCUT2D eigenvalue weighted by Crippen LogP contribution is -2.20. The standard InChI is InChI=1S/C14H23N5O/c1-11(2)14-17-16-13(20-14)10-18(3)8-5-6-12-15-7-9-19(12)4/h7,9,11H,5-6,8,10H2,1-4H3. The summed E-state index contributed by atoms with van der Waals surface area (Å²) in [4.78, 5) is 6.52. The molecule has 2 rings (SSSR count). The molecule has 0 saturated carbocycles. The minimum atomic E-state index is 0.282. The third-order valence-electron chi connectivity index (χ3n) is 3.24. The largest absolute Gasteiger partial charge is 0.424 e. The van der Waals surface area contributed by atoms with Crippen LogP contribution in [-0.4, -0.2) is 38.2 Å². The van der Waals surface area contributed by atoms with Gasteiger partial charge in [-0.15, -0.1) is 10.2 Å². The Morgan fingerprint density at radius 2 is 2.15 bits per heavy atom. The van der Waals surface area contributed by atoms with Crippen molar-refractivity contribution in [2.24, 2.45) is 7.05 Å². The van der Waals surface area contributed by atoms with Crippen LogP contribution in [-0.2, 0) is 20.0 Å². The Morgan fingerprint density at radius 1 is 1.35 bits per heavy atom. The molecule has 2 aromatic rings. The van der Waals surface area contributed by atoms with E-state index in [-0.39, 0.29) is 5.92 Å². The maximum atomic E-state index is 5.61. The Hall–Kier alpha value is -1.69. The summed E-state index contributed by atoms with van der Waals surface area (Å²) in [6.45, 7) is 5.77. The van der Waals surface area contributed by atoms with Gasteiger partial charge in [0.15, 0.2) is 0 Å². The van der Waals surface area contributed by atoms with E-state index in [4.69, 9.17) is 4.42 Å². The van der Waals surface area contributed by atoms with Crippen molar-refractivity contribution in [2.75, 3.05) is 13.6 Å². The highest BCUT2D eigenvalue weighted by molar-refractivity contribution is 4.91. The average molecular weight is 277 g/mol. The maximum Gasteiger partial charge on any atom is 0.230 e. The molecular weight excluding hydrogens is 254 g/mol. The van der Waals surface area contributed by atoms with Crippen LogP contribution in [0.3, 0.4) is 0 Å². The summed E-state index contributed by atoms with van der Waals surface area (Å²) in [5.74, 6) is 2.80. The molecule has 0 unspecified atom stereocenters. The summed E-state index contributed by atoms with van der Waals surface area (Å²) in [6.07, 6.45) is 5.86. The Bertz CT molecular complexity index is 531.